The summed E-state index contributed by atoms with van der Waals surface area (Å²) in [6, 6.07) is 13.3. The lowest BCUT2D eigenvalue weighted by Crippen LogP contribution is -2.73. The Morgan fingerprint density at radius 3 is 2.61 bits per heavy atom. The van der Waals surface area contributed by atoms with E-state index in [1.165, 1.54) is 25.7 Å². The number of nitrogens with zero attached hydrogens (tertiary/aromatic N) is 3. The zero-order valence-corrected chi connectivity index (χ0v) is 18.7. The maximum atomic E-state index is 12.9. The minimum Gasteiger partial charge on any atom is -0.394 e. The van der Waals surface area contributed by atoms with E-state index in [9.17, 15) is 14.7 Å². The van der Waals surface area contributed by atoms with E-state index >= 15 is 0 Å². The molecule has 3 fully saturated rings. The number of benzene rings is 1. The molecule has 1 aliphatic carbocycles. The molecule has 1 aromatic heterocycles. The fourth-order valence-electron chi connectivity index (χ4n) is 5.50. The summed E-state index contributed by atoms with van der Waals surface area (Å²) in [6.07, 6.45) is 6.81. The molecule has 2 amide bonds. The van der Waals surface area contributed by atoms with Crippen LogP contribution in [0.5, 0.6) is 0 Å². The molecule has 3 heterocycles. The van der Waals surface area contributed by atoms with Crippen molar-refractivity contribution in [3.8, 4) is 11.8 Å². The number of aliphatic hydroxyl groups excluding tert-OH is 1. The summed E-state index contributed by atoms with van der Waals surface area (Å²) in [5.74, 6) is 7.02. The number of hydrogen-bond acceptors (Lipinski definition) is 4. The van der Waals surface area contributed by atoms with Crippen LogP contribution >= 0.6 is 0 Å². The van der Waals surface area contributed by atoms with Crippen molar-refractivity contribution in [3.05, 3.63) is 65.5 Å². The van der Waals surface area contributed by atoms with Gasteiger partial charge in [-0.3, -0.25) is 14.6 Å². The first-order valence-electron chi connectivity index (χ1n) is 11.9. The summed E-state index contributed by atoms with van der Waals surface area (Å²) in [5, 5.41) is 10.00. The molecule has 1 saturated carbocycles. The largest absolute Gasteiger partial charge is 0.394 e. The van der Waals surface area contributed by atoms with Gasteiger partial charge < -0.3 is 14.9 Å². The molecular formula is C27H29N3O3. The number of piperazine rings is 1. The molecule has 0 bridgehead atoms. The molecule has 5 rings (SSSR count). The minimum atomic E-state index is -0.244. The van der Waals surface area contributed by atoms with Crippen molar-refractivity contribution in [3.63, 3.8) is 0 Å². The van der Waals surface area contributed by atoms with Crippen molar-refractivity contribution in [1.29, 1.82) is 0 Å². The summed E-state index contributed by atoms with van der Waals surface area (Å²) in [5.41, 5.74) is 2.77. The Bertz CT molecular complexity index is 1070. The minimum absolute atomic E-state index is 0.00115. The van der Waals surface area contributed by atoms with Gasteiger partial charge in [0, 0.05) is 35.8 Å². The molecule has 33 heavy (non-hydrogen) atoms. The number of amides is 2. The highest BCUT2D eigenvalue weighted by Gasteiger charge is 2.54. The second kappa shape index (κ2) is 9.36. The van der Waals surface area contributed by atoms with Crippen LogP contribution in [0.2, 0.25) is 0 Å². The molecule has 0 unspecified atom stereocenters. The average molecular weight is 444 g/mol. The van der Waals surface area contributed by atoms with Crippen molar-refractivity contribution in [2.24, 2.45) is 5.92 Å². The predicted octanol–water partition coefficient (Wildman–Crippen LogP) is 2.36. The number of rotatable bonds is 4. The van der Waals surface area contributed by atoms with Crippen molar-refractivity contribution < 1.29 is 14.7 Å². The van der Waals surface area contributed by atoms with Crippen LogP contribution in [-0.4, -0.2) is 63.5 Å². The Labute approximate surface area is 194 Å². The van der Waals surface area contributed by atoms with Gasteiger partial charge in [-0.05, 0) is 42.7 Å². The molecule has 3 atom stereocenters. The number of carbonyl (C=O) groups excluding carboxylic acids is 2. The van der Waals surface area contributed by atoms with Gasteiger partial charge in [-0.1, -0.05) is 42.9 Å². The van der Waals surface area contributed by atoms with Crippen molar-refractivity contribution in [2.75, 3.05) is 19.7 Å². The first-order valence-corrected chi connectivity index (χ1v) is 11.9. The van der Waals surface area contributed by atoms with Crippen LogP contribution in [0.25, 0.3) is 0 Å². The summed E-state index contributed by atoms with van der Waals surface area (Å²) < 4.78 is 0. The second-order valence-electron chi connectivity index (χ2n) is 9.29. The normalized spacial score (nSPS) is 24.6. The molecule has 3 aliphatic rings. The quantitative estimate of drug-likeness (QED) is 0.737. The highest BCUT2D eigenvalue weighted by Crippen LogP contribution is 2.43. The molecule has 0 spiro atoms. The molecular weight excluding hydrogens is 414 g/mol. The van der Waals surface area contributed by atoms with E-state index in [1.54, 1.807) is 16.0 Å². The smallest absolute Gasteiger partial charge is 0.242 e. The zero-order valence-electron chi connectivity index (χ0n) is 18.7. The van der Waals surface area contributed by atoms with Crippen molar-refractivity contribution in [2.45, 2.75) is 50.1 Å². The van der Waals surface area contributed by atoms with E-state index in [2.05, 4.69) is 29.0 Å². The number of carbonyl (C=O) groups is 2. The standard InChI is InChI=1S/C27H29N3O3/c31-18-24-27(21-12-10-20(11-13-21)9-8-19-5-1-2-6-19)23-16-29(17-26(33)30(23)24)25(32)15-22-7-3-4-14-28-22/h3-4,7,10-14,19,23-24,27,31H,1-2,5-6,15-18H2/t23-,24-,27+/m1/s1. The Kier molecular flexibility index (Phi) is 6.15. The monoisotopic (exact) mass is 443 g/mol. The van der Waals surface area contributed by atoms with Crippen LogP contribution in [-0.2, 0) is 16.0 Å². The third kappa shape index (κ3) is 4.38. The first kappa shape index (κ1) is 21.7. The lowest BCUT2D eigenvalue weighted by molar-refractivity contribution is -0.166. The van der Waals surface area contributed by atoms with Crippen LogP contribution in [0.4, 0.5) is 0 Å². The number of hydrogen-bond donors (Lipinski definition) is 1. The van der Waals surface area contributed by atoms with E-state index in [0.717, 1.165) is 11.1 Å². The third-order valence-electron chi connectivity index (χ3n) is 7.23. The van der Waals surface area contributed by atoms with Gasteiger partial charge in [0.05, 0.1) is 31.7 Å². The fourth-order valence-corrected chi connectivity index (χ4v) is 5.50. The molecule has 0 radical (unpaired) electrons. The Morgan fingerprint density at radius 1 is 1.12 bits per heavy atom. The lowest BCUT2D eigenvalue weighted by Gasteiger charge is -2.58. The van der Waals surface area contributed by atoms with Crippen LogP contribution in [0.15, 0.2) is 48.7 Å². The fraction of sp³-hybridized carbons (Fsp3) is 0.444. The van der Waals surface area contributed by atoms with Gasteiger partial charge in [-0.25, -0.2) is 0 Å². The molecule has 2 saturated heterocycles. The Morgan fingerprint density at radius 2 is 1.91 bits per heavy atom. The first-order chi connectivity index (χ1) is 16.1. The van der Waals surface area contributed by atoms with Gasteiger partial charge in [-0.15, -0.1) is 0 Å². The molecule has 2 aromatic rings. The van der Waals surface area contributed by atoms with Gasteiger partial charge in [0.2, 0.25) is 11.8 Å². The maximum absolute atomic E-state index is 12.9. The van der Waals surface area contributed by atoms with Crippen LogP contribution in [0, 0.1) is 17.8 Å². The van der Waals surface area contributed by atoms with Gasteiger partial charge in [0.25, 0.3) is 0 Å². The molecule has 2 aliphatic heterocycles. The van der Waals surface area contributed by atoms with Crippen molar-refractivity contribution in [1.82, 2.24) is 14.8 Å². The van der Waals surface area contributed by atoms with Crippen LogP contribution < -0.4 is 0 Å². The number of aliphatic hydroxyl groups is 1. The zero-order chi connectivity index (χ0) is 22.8. The SMILES string of the molecule is O=C(Cc1ccccn1)N1CC(=O)N2[C@H](CO)[C@@H](c3ccc(C#CC4CCCC4)cc3)[C@H]2C1. The number of fused-ring (bicyclic) bond motifs is 1. The maximum Gasteiger partial charge on any atom is 0.242 e. The van der Waals surface area contributed by atoms with E-state index in [0.29, 0.717) is 18.2 Å². The average Bonchev–Trinajstić information content (AvgIpc) is 3.34. The Balaban J connectivity index is 1.29. The van der Waals surface area contributed by atoms with Crippen LogP contribution in [0.3, 0.4) is 0 Å². The highest BCUT2D eigenvalue weighted by atomic mass is 16.3. The Hall–Kier alpha value is -3.17. The number of aromatic nitrogens is 1. The molecule has 1 N–H and O–H groups in total. The summed E-state index contributed by atoms with van der Waals surface area (Å²) in [6.45, 7) is 0.445. The number of pyridine rings is 1. The summed E-state index contributed by atoms with van der Waals surface area (Å²) >= 11 is 0. The van der Waals surface area contributed by atoms with E-state index < -0.39 is 0 Å². The molecule has 6 nitrogen and oxygen atoms in total. The molecule has 170 valence electrons. The summed E-state index contributed by atoms with van der Waals surface area (Å²) in [7, 11) is 0. The van der Waals surface area contributed by atoms with Gasteiger partial charge >= 0.3 is 0 Å². The predicted molar refractivity (Wildman–Crippen MR) is 124 cm³/mol. The molecule has 6 heteroatoms. The van der Waals surface area contributed by atoms with Gasteiger partial charge in [0.15, 0.2) is 0 Å². The van der Waals surface area contributed by atoms with Gasteiger partial charge in [-0.2, -0.15) is 0 Å². The van der Waals surface area contributed by atoms with E-state index in [1.807, 2.05) is 30.3 Å². The lowest BCUT2D eigenvalue weighted by atomic mass is 9.73. The highest BCUT2D eigenvalue weighted by molar-refractivity contribution is 5.88. The third-order valence-corrected chi connectivity index (χ3v) is 7.23. The van der Waals surface area contributed by atoms with E-state index in [4.69, 9.17) is 0 Å². The molecule has 1 aromatic carbocycles. The topological polar surface area (TPSA) is 73.7 Å². The van der Waals surface area contributed by atoms with Crippen molar-refractivity contribution >= 4 is 11.8 Å². The summed E-state index contributed by atoms with van der Waals surface area (Å²) in [4.78, 5) is 33.3. The van der Waals surface area contributed by atoms with E-state index in [-0.39, 0.29) is 49.4 Å². The van der Waals surface area contributed by atoms with Crippen LogP contribution in [0.1, 0.15) is 48.4 Å². The second-order valence-corrected chi connectivity index (χ2v) is 9.29. The van der Waals surface area contributed by atoms with Gasteiger partial charge in [0.1, 0.15) is 0 Å².